The zero-order valence-electron chi connectivity index (χ0n) is 9.38. The molecular weight excluding hydrogens is 210 g/mol. The van der Waals surface area contributed by atoms with Crippen molar-refractivity contribution < 1.29 is 4.98 Å². The van der Waals surface area contributed by atoms with Crippen LogP contribution in [0.3, 0.4) is 0 Å². The Bertz CT molecular complexity index is 508. The minimum atomic E-state index is 0.859. The summed E-state index contributed by atoms with van der Waals surface area (Å²) in [6.45, 7) is 0. The zero-order valence-corrected chi connectivity index (χ0v) is 9.38. The molecule has 2 aromatic heterocycles. The smallest absolute Gasteiger partial charge is 0.167 e. The van der Waals surface area contributed by atoms with Gasteiger partial charge in [0.05, 0.1) is 0 Å². The van der Waals surface area contributed by atoms with E-state index in [1.165, 1.54) is 5.56 Å². The van der Waals surface area contributed by atoms with Crippen molar-refractivity contribution in [3.8, 4) is 0 Å². The first kappa shape index (κ1) is 11.1. The number of nitrogens with zero attached hydrogens (tertiary/aromatic N) is 1. The van der Waals surface area contributed by atoms with E-state index in [1.54, 1.807) is 12.4 Å². The molecule has 0 aromatic carbocycles. The van der Waals surface area contributed by atoms with E-state index in [4.69, 9.17) is 0 Å². The molecule has 2 N–H and O–H groups in total. The van der Waals surface area contributed by atoms with E-state index in [9.17, 15) is 0 Å². The quantitative estimate of drug-likeness (QED) is 0.797. The Balaban J connectivity index is 1.84. The summed E-state index contributed by atoms with van der Waals surface area (Å²) in [5.41, 5.74) is 1.17. The van der Waals surface area contributed by atoms with Gasteiger partial charge in [-0.3, -0.25) is 0 Å². The van der Waals surface area contributed by atoms with E-state index in [1.807, 2.05) is 61.0 Å². The molecule has 0 saturated heterocycles. The molecule has 0 atom stereocenters. The fourth-order valence-corrected chi connectivity index (χ4v) is 1.32. The molecule has 0 bridgehead atoms. The van der Waals surface area contributed by atoms with Gasteiger partial charge in [0.15, 0.2) is 12.4 Å². The van der Waals surface area contributed by atoms with Crippen LogP contribution in [0.5, 0.6) is 0 Å². The summed E-state index contributed by atoms with van der Waals surface area (Å²) in [7, 11) is 0. The predicted octanol–water partition coefficient (Wildman–Crippen LogP) is 2.51. The van der Waals surface area contributed by atoms with Crippen LogP contribution in [0.2, 0.25) is 0 Å². The summed E-state index contributed by atoms with van der Waals surface area (Å²) in [6, 6.07) is 4.03. The maximum absolute atomic E-state index is 4.08. The third-order valence-electron chi connectivity index (χ3n) is 2.14. The van der Waals surface area contributed by atoms with Gasteiger partial charge in [0.25, 0.3) is 0 Å². The molecule has 2 rings (SSSR count). The number of hydrogen-bond acceptors (Lipinski definition) is 1. The summed E-state index contributed by atoms with van der Waals surface area (Å²) in [4.78, 5) is 10.1. The lowest BCUT2D eigenvalue weighted by Crippen LogP contribution is -1.96. The number of aromatic amines is 2. The number of H-pyrrole nitrogens is 2. The van der Waals surface area contributed by atoms with Gasteiger partial charge < -0.3 is 4.98 Å². The van der Waals surface area contributed by atoms with Crippen LogP contribution < -0.4 is 4.98 Å². The minimum Gasteiger partial charge on any atom is -0.345 e. The fraction of sp³-hybridized carbons (Fsp3) is 0. The highest BCUT2D eigenvalue weighted by Gasteiger charge is 1.84. The predicted molar refractivity (Wildman–Crippen MR) is 68.8 cm³/mol. The maximum Gasteiger partial charge on any atom is 0.167 e. The first-order valence-electron chi connectivity index (χ1n) is 5.42. The molecule has 0 aliphatic carbocycles. The van der Waals surface area contributed by atoms with E-state index in [0.717, 1.165) is 5.82 Å². The molecule has 0 unspecified atom stereocenters. The Morgan fingerprint density at radius 2 is 1.76 bits per heavy atom. The minimum absolute atomic E-state index is 0.859. The van der Waals surface area contributed by atoms with Crippen molar-refractivity contribution in [3.63, 3.8) is 0 Å². The molecule has 84 valence electrons. The van der Waals surface area contributed by atoms with Crippen LogP contribution in [0.4, 0.5) is 0 Å². The lowest BCUT2D eigenvalue weighted by molar-refractivity contribution is -0.378. The highest BCUT2D eigenvalue weighted by molar-refractivity contribution is 5.50. The molecular formula is C14H14N3+. The Labute approximate surface area is 100 Å². The number of aromatic nitrogens is 3. The third kappa shape index (κ3) is 3.91. The Morgan fingerprint density at radius 3 is 2.47 bits per heavy atom. The number of hydrogen-bond donors (Lipinski definition) is 1. The van der Waals surface area contributed by atoms with Gasteiger partial charge in [-0.15, -0.1) is 0 Å². The Hall–Kier alpha value is -2.42. The second kappa shape index (κ2) is 6.23. The Kier molecular flexibility index (Phi) is 4.06. The summed E-state index contributed by atoms with van der Waals surface area (Å²) in [6.07, 6.45) is 19.2. The zero-order chi connectivity index (χ0) is 11.8. The number of pyridine rings is 1. The van der Waals surface area contributed by atoms with Crippen LogP contribution in [0.25, 0.3) is 12.2 Å². The topological polar surface area (TPSA) is 42.8 Å². The second-order valence-electron chi connectivity index (χ2n) is 3.41. The first-order chi connectivity index (χ1) is 8.45. The van der Waals surface area contributed by atoms with Gasteiger partial charge in [-0.05, 0) is 11.6 Å². The highest BCUT2D eigenvalue weighted by Crippen LogP contribution is 1.98. The SMILES string of the molecule is C(=C\C=C\c1ncc[nH]1)/C=C/c1cc[nH+]cc1. The average molecular weight is 224 g/mol. The molecule has 3 heteroatoms. The molecule has 0 spiro atoms. The number of allylic oxidation sites excluding steroid dienone is 4. The van der Waals surface area contributed by atoms with Gasteiger partial charge in [0.1, 0.15) is 5.82 Å². The van der Waals surface area contributed by atoms with Gasteiger partial charge >= 0.3 is 0 Å². The van der Waals surface area contributed by atoms with Crippen molar-refractivity contribution in [2.45, 2.75) is 0 Å². The fourth-order valence-electron chi connectivity index (χ4n) is 1.32. The van der Waals surface area contributed by atoms with Crippen molar-refractivity contribution in [2.24, 2.45) is 0 Å². The largest absolute Gasteiger partial charge is 0.345 e. The normalized spacial score (nSPS) is 12.0. The van der Waals surface area contributed by atoms with Gasteiger partial charge in [-0.1, -0.05) is 30.4 Å². The van der Waals surface area contributed by atoms with Crippen molar-refractivity contribution in [1.29, 1.82) is 0 Å². The van der Waals surface area contributed by atoms with Crippen molar-refractivity contribution in [3.05, 3.63) is 72.6 Å². The van der Waals surface area contributed by atoms with Gasteiger partial charge in [-0.2, -0.15) is 0 Å². The number of imidazole rings is 1. The summed E-state index contributed by atoms with van der Waals surface area (Å²) in [5, 5.41) is 0. The standard InChI is InChI=1S/C14H13N3/c1(2-4-6-14-16-11-12-17-14)3-5-13-7-9-15-10-8-13/h1-12H,(H,16,17)/p+1/b2-1+,5-3+,6-4+. The average Bonchev–Trinajstić information content (AvgIpc) is 2.88. The van der Waals surface area contributed by atoms with E-state index >= 15 is 0 Å². The molecule has 0 aliphatic heterocycles. The lowest BCUT2D eigenvalue weighted by atomic mass is 10.2. The van der Waals surface area contributed by atoms with Crippen molar-refractivity contribution in [2.75, 3.05) is 0 Å². The second-order valence-corrected chi connectivity index (χ2v) is 3.41. The van der Waals surface area contributed by atoms with Gasteiger partial charge in [0, 0.05) is 24.5 Å². The molecule has 3 nitrogen and oxygen atoms in total. The van der Waals surface area contributed by atoms with Crippen LogP contribution >= 0.6 is 0 Å². The molecule has 0 fully saturated rings. The first-order valence-corrected chi connectivity index (χ1v) is 5.42. The molecule has 0 saturated carbocycles. The third-order valence-corrected chi connectivity index (χ3v) is 2.14. The van der Waals surface area contributed by atoms with Crippen LogP contribution in [-0.4, -0.2) is 9.97 Å². The Morgan fingerprint density at radius 1 is 1.00 bits per heavy atom. The highest BCUT2D eigenvalue weighted by atomic mass is 14.9. The molecule has 0 radical (unpaired) electrons. The van der Waals surface area contributed by atoms with Gasteiger partial charge in [0.2, 0.25) is 0 Å². The van der Waals surface area contributed by atoms with Crippen molar-refractivity contribution >= 4 is 12.2 Å². The summed E-state index contributed by atoms with van der Waals surface area (Å²) < 4.78 is 0. The molecule has 2 heterocycles. The van der Waals surface area contributed by atoms with E-state index in [-0.39, 0.29) is 0 Å². The molecule has 2 aromatic rings. The lowest BCUT2D eigenvalue weighted by Gasteiger charge is -1.84. The monoisotopic (exact) mass is 224 g/mol. The summed E-state index contributed by atoms with van der Waals surface area (Å²) >= 11 is 0. The summed E-state index contributed by atoms with van der Waals surface area (Å²) in [5.74, 6) is 0.859. The van der Waals surface area contributed by atoms with Crippen LogP contribution in [-0.2, 0) is 0 Å². The van der Waals surface area contributed by atoms with Crippen LogP contribution in [0.1, 0.15) is 11.4 Å². The molecule has 0 aliphatic rings. The van der Waals surface area contributed by atoms with E-state index in [2.05, 4.69) is 15.0 Å². The van der Waals surface area contributed by atoms with Crippen LogP contribution in [0, 0.1) is 0 Å². The van der Waals surface area contributed by atoms with Gasteiger partial charge in [-0.25, -0.2) is 9.97 Å². The molecule has 17 heavy (non-hydrogen) atoms. The van der Waals surface area contributed by atoms with Crippen molar-refractivity contribution in [1.82, 2.24) is 9.97 Å². The number of rotatable bonds is 4. The number of nitrogens with one attached hydrogen (secondary N) is 2. The van der Waals surface area contributed by atoms with E-state index < -0.39 is 0 Å². The van der Waals surface area contributed by atoms with E-state index in [0.29, 0.717) is 0 Å². The molecule has 0 amide bonds. The van der Waals surface area contributed by atoms with Crippen LogP contribution in [0.15, 0.2) is 61.2 Å². The maximum atomic E-state index is 4.08.